The molecule has 3 heterocycles. The summed E-state index contributed by atoms with van der Waals surface area (Å²) in [6.45, 7) is 1.02. The van der Waals surface area contributed by atoms with Crippen LogP contribution in [-0.4, -0.2) is 32.8 Å². The number of ether oxygens (including phenoxy) is 1. The first-order valence-corrected chi connectivity index (χ1v) is 10.6. The van der Waals surface area contributed by atoms with Gasteiger partial charge < -0.3 is 9.30 Å². The van der Waals surface area contributed by atoms with Crippen molar-refractivity contribution in [2.24, 2.45) is 7.05 Å². The normalized spacial score (nSPS) is 14.1. The molecule has 0 N–H and O–H groups in total. The first kappa shape index (κ1) is 17.8. The third-order valence-corrected chi connectivity index (χ3v) is 6.97. The first-order valence-electron chi connectivity index (χ1n) is 8.82. The predicted molar refractivity (Wildman–Crippen MR) is 105 cm³/mol. The fourth-order valence-electron chi connectivity index (χ4n) is 3.37. The molecule has 0 aromatic carbocycles. The molecule has 0 saturated carbocycles. The number of thioether (sulfide) groups is 1. The smallest absolute Gasteiger partial charge is 0.263 e. The highest BCUT2D eigenvalue weighted by Gasteiger charge is 2.22. The van der Waals surface area contributed by atoms with Crippen LogP contribution in [0.15, 0.2) is 22.3 Å². The fraction of sp³-hybridized carbons (Fsp3) is 0.500. The second-order valence-electron chi connectivity index (χ2n) is 6.48. The SMILES string of the molecule is COCCn1c(SCc2nccn2C)nc2sc3c(c2c1=O)CCCC3. The van der Waals surface area contributed by atoms with Crippen molar-refractivity contribution in [1.29, 1.82) is 0 Å². The number of hydrogen-bond acceptors (Lipinski definition) is 6. The lowest BCUT2D eigenvalue weighted by atomic mass is 9.97. The van der Waals surface area contributed by atoms with Gasteiger partial charge in [0, 0.05) is 31.4 Å². The van der Waals surface area contributed by atoms with Crippen molar-refractivity contribution in [3.63, 3.8) is 0 Å². The standard InChI is InChI=1S/C18H22N4O2S2/c1-21-8-7-19-14(21)11-25-18-20-16-15(17(23)22(18)9-10-24-2)12-5-3-4-6-13(12)26-16/h7-8H,3-6,9-11H2,1-2H3. The number of fused-ring (bicyclic) bond motifs is 3. The Morgan fingerprint density at radius 3 is 2.96 bits per heavy atom. The molecule has 0 radical (unpaired) electrons. The van der Waals surface area contributed by atoms with Crippen molar-refractivity contribution in [2.45, 2.75) is 43.1 Å². The van der Waals surface area contributed by atoms with E-state index in [-0.39, 0.29) is 5.56 Å². The summed E-state index contributed by atoms with van der Waals surface area (Å²) in [5.41, 5.74) is 1.31. The van der Waals surface area contributed by atoms with Gasteiger partial charge in [-0.15, -0.1) is 11.3 Å². The Hall–Kier alpha value is -1.64. The molecule has 138 valence electrons. The van der Waals surface area contributed by atoms with E-state index >= 15 is 0 Å². The molecule has 0 fully saturated rings. The molecule has 0 aliphatic heterocycles. The van der Waals surface area contributed by atoms with E-state index in [1.165, 1.54) is 16.9 Å². The number of aromatic nitrogens is 4. The number of aryl methyl sites for hydroxylation is 3. The molecule has 0 saturated heterocycles. The molecule has 0 amide bonds. The molecule has 0 atom stereocenters. The Morgan fingerprint density at radius 2 is 2.19 bits per heavy atom. The van der Waals surface area contributed by atoms with Crippen LogP contribution in [0.5, 0.6) is 0 Å². The second-order valence-corrected chi connectivity index (χ2v) is 8.50. The maximum atomic E-state index is 13.3. The molecular formula is C18H22N4O2S2. The number of hydrogen-bond donors (Lipinski definition) is 0. The van der Waals surface area contributed by atoms with Crippen molar-refractivity contribution in [2.75, 3.05) is 13.7 Å². The lowest BCUT2D eigenvalue weighted by Crippen LogP contribution is -2.25. The van der Waals surface area contributed by atoms with Gasteiger partial charge in [-0.25, -0.2) is 9.97 Å². The van der Waals surface area contributed by atoms with E-state index in [4.69, 9.17) is 9.72 Å². The van der Waals surface area contributed by atoms with Crippen molar-refractivity contribution >= 4 is 33.3 Å². The number of methoxy groups -OCH3 is 1. The molecule has 26 heavy (non-hydrogen) atoms. The summed E-state index contributed by atoms with van der Waals surface area (Å²) >= 11 is 3.26. The molecule has 0 unspecified atom stereocenters. The van der Waals surface area contributed by atoms with E-state index < -0.39 is 0 Å². The Labute approximate surface area is 160 Å². The number of imidazole rings is 1. The molecule has 6 nitrogen and oxygen atoms in total. The maximum Gasteiger partial charge on any atom is 0.263 e. The fourth-order valence-corrected chi connectivity index (χ4v) is 5.71. The van der Waals surface area contributed by atoms with Crippen molar-refractivity contribution in [3.05, 3.63) is 39.0 Å². The number of thiophene rings is 1. The number of rotatable bonds is 6. The quantitative estimate of drug-likeness (QED) is 0.478. The van der Waals surface area contributed by atoms with E-state index in [2.05, 4.69) is 4.98 Å². The van der Waals surface area contributed by atoms with E-state index in [1.54, 1.807) is 41.0 Å². The van der Waals surface area contributed by atoms with Gasteiger partial charge in [0.25, 0.3) is 5.56 Å². The van der Waals surface area contributed by atoms with Crippen LogP contribution in [0.3, 0.4) is 0 Å². The summed E-state index contributed by atoms with van der Waals surface area (Å²) < 4.78 is 8.99. The van der Waals surface area contributed by atoms with Gasteiger partial charge in [-0.2, -0.15) is 0 Å². The molecular weight excluding hydrogens is 368 g/mol. The highest BCUT2D eigenvalue weighted by Crippen LogP contribution is 2.35. The zero-order valence-corrected chi connectivity index (χ0v) is 16.7. The van der Waals surface area contributed by atoms with Gasteiger partial charge in [-0.05, 0) is 31.2 Å². The van der Waals surface area contributed by atoms with E-state index in [0.29, 0.717) is 18.9 Å². The molecule has 1 aliphatic carbocycles. The molecule has 1 aliphatic rings. The largest absolute Gasteiger partial charge is 0.383 e. The minimum Gasteiger partial charge on any atom is -0.383 e. The Morgan fingerprint density at radius 1 is 1.35 bits per heavy atom. The monoisotopic (exact) mass is 390 g/mol. The second kappa shape index (κ2) is 7.54. The first-order chi connectivity index (χ1) is 12.7. The average Bonchev–Trinajstić information content (AvgIpc) is 3.22. The van der Waals surface area contributed by atoms with Crippen LogP contribution in [0.4, 0.5) is 0 Å². The highest BCUT2D eigenvalue weighted by molar-refractivity contribution is 7.98. The highest BCUT2D eigenvalue weighted by atomic mass is 32.2. The topological polar surface area (TPSA) is 61.9 Å². The van der Waals surface area contributed by atoms with Crippen LogP contribution >= 0.6 is 23.1 Å². The van der Waals surface area contributed by atoms with Crippen LogP contribution in [0.1, 0.15) is 29.1 Å². The van der Waals surface area contributed by atoms with Crippen molar-refractivity contribution in [1.82, 2.24) is 19.1 Å². The summed E-state index contributed by atoms with van der Waals surface area (Å²) in [6.07, 6.45) is 8.15. The van der Waals surface area contributed by atoms with Gasteiger partial charge in [-0.1, -0.05) is 11.8 Å². The van der Waals surface area contributed by atoms with Gasteiger partial charge in [0.05, 0.1) is 24.3 Å². The molecule has 8 heteroatoms. The molecule has 0 spiro atoms. The molecule has 0 bridgehead atoms. The Kier molecular flexibility index (Phi) is 5.15. The van der Waals surface area contributed by atoms with Crippen LogP contribution in [-0.2, 0) is 36.9 Å². The van der Waals surface area contributed by atoms with Gasteiger partial charge in [0.15, 0.2) is 5.16 Å². The third-order valence-electron chi connectivity index (χ3n) is 4.81. The third kappa shape index (κ3) is 3.21. The van der Waals surface area contributed by atoms with Crippen molar-refractivity contribution < 1.29 is 4.74 Å². The van der Waals surface area contributed by atoms with E-state index in [9.17, 15) is 4.79 Å². The maximum absolute atomic E-state index is 13.3. The zero-order valence-electron chi connectivity index (χ0n) is 15.0. The van der Waals surface area contributed by atoms with Gasteiger partial charge in [0.1, 0.15) is 10.7 Å². The average molecular weight is 391 g/mol. The molecule has 3 aromatic rings. The van der Waals surface area contributed by atoms with Gasteiger partial charge in [-0.3, -0.25) is 9.36 Å². The lowest BCUT2D eigenvalue weighted by Gasteiger charge is -2.13. The Bertz CT molecular complexity index is 989. The summed E-state index contributed by atoms with van der Waals surface area (Å²) in [6, 6.07) is 0. The summed E-state index contributed by atoms with van der Waals surface area (Å²) in [7, 11) is 3.63. The summed E-state index contributed by atoms with van der Waals surface area (Å²) in [5.74, 6) is 1.65. The Balaban J connectivity index is 1.77. The predicted octanol–water partition coefficient (Wildman–Crippen LogP) is 3.01. The van der Waals surface area contributed by atoms with E-state index in [0.717, 1.165) is 40.5 Å². The minimum atomic E-state index is 0.0776. The van der Waals surface area contributed by atoms with E-state index in [1.807, 2.05) is 17.8 Å². The van der Waals surface area contributed by atoms with Crippen LogP contribution in [0.25, 0.3) is 10.2 Å². The zero-order chi connectivity index (χ0) is 18.1. The molecule has 3 aromatic heterocycles. The summed E-state index contributed by atoms with van der Waals surface area (Å²) in [5, 5.41) is 1.59. The summed E-state index contributed by atoms with van der Waals surface area (Å²) in [4.78, 5) is 24.7. The number of nitrogens with zero attached hydrogens (tertiary/aromatic N) is 4. The van der Waals surface area contributed by atoms with Gasteiger partial charge >= 0.3 is 0 Å². The molecule has 4 rings (SSSR count). The lowest BCUT2D eigenvalue weighted by molar-refractivity contribution is 0.183. The van der Waals surface area contributed by atoms with Crippen LogP contribution < -0.4 is 5.56 Å². The minimum absolute atomic E-state index is 0.0776. The van der Waals surface area contributed by atoms with Crippen molar-refractivity contribution in [3.8, 4) is 0 Å². The van der Waals surface area contributed by atoms with Crippen LogP contribution in [0, 0.1) is 0 Å². The van der Waals surface area contributed by atoms with Gasteiger partial charge in [0.2, 0.25) is 0 Å². The van der Waals surface area contributed by atoms with Crippen LogP contribution in [0.2, 0.25) is 0 Å².